The van der Waals surface area contributed by atoms with Crippen LogP contribution < -0.4 is 0 Å². The van der Waals surface area contributed by atoms with Gasteiger partial charge in [-0.15, -0.1) is 0 Å². The fourth-order valence-corrected chi connectivity index (χ4v) is 9.57. The van der Waals surface area contributed by atoms with Crippen molar-refractivity contribution in [3.63, 3.8) is 0 Å². The van der Waals surface area contributed by atoms with Crippen LogP contribution in [0.1, 0.15) is 72.6 Å². The Labute approximate surface area is 206 Å². The lowest BCUT2D eigenvalue weighted by Gasteiger charge is -2.64. The minimum absolute atomic E-state index is 0.0316. The summed E-state index contributed by atoms with van der Waals surface area (Å²) in [5, 5.41) is 46.5. The molecule has 0 spiro atoms. The molecular formula is C28H38O7. The first kappa shape index (κ1) is 23.8. The molecule has 0 amide bonds. The number of carbonyl (C=O) groups excluding carboxylic acids is 2. The van der Waals surface area contributed by atoms with Crippen molar-refractivity contribution >= 4 is 11.8 Å². The monoisotopic (exact) mass is 486 g/mol. The van der Waals surface area contributed by atoms with Crippen LogP contribution in [0.15, 0.2) is 23.8 Å². The van der Waals surface area contributed by atoms with Crippen LogP contribution in [0, 0.1) is 34.0 Å². The number of fused-ring (bicyclic) bond motifs is 8. The second-order valence-electron chi connectivity index (χ2n) is 13.3. The summed E-state index contributed by atoms with van der Waals surface area (Å²) in [5.74, 6) is -1.19. The maximum atomic E-state index is 13.2. The van der Waals surface area contributed by atoms with Crippen molar-refractivity contribution in [1.29, 1.82) is 0 Å². The van der Waals surface area contributed by atoms with Gasteiger partial charge in [-0.25, -0.2) is 0 Å². The van der Waals surface area contributed by atoms with Crippen LogP contribution in [0.5, 0.6) is 0 Å². The molecule has 4 N–H and O–H groups in total. The summed E-state index contributed by atoms with van der Waals surface area (Å²) in [5.41, 5.74) is -5.76. The predicted octanol–water partition coefficient (Wildman–Crippen LogP) is 2.20. The van der Waals surface area contributed by atoms with Crippen LogP contribution in [0.2, 0.25) is 0 Å². The molecule has 7 aliphatic rings. The number of allylic oxidation sites excluding steroid dienone is 2. The Hall–Kier alpha value is -1.54. The SMILES string of the molecule is C[C@]12C(=O)C=C[C@H](O)C1=CC[C@@H]1[C@@H]2CC[C@@]2(C)[C@@]1(O)CC[C@]2(O)[C@@H]1C[C@@]2(C)C(=O)O[C@@H]1C[C@@]2(C)O. The molecule has 0 radical (unpaired) electrons. The van der Waals surface area contributed by atoms with Gasteiger partial charge in [0.15, 0.2) is 5.78 Å². The summed E-state index contributed by atoms with van der Waals surface area (Å²) >= 11 is 0. The normalized spacial score (nSPS) is 58.9. The van der Waals surface area contributed by atoms with E-state index in [1.54, 1.807) is 19.9 Å². The number of ether oxygens (including phenoxy) is 1. The largest absolute Gasteiger partial charge is 0.461 e. The molecule has 5 aliphatic carbocycles. The van der Waals surface area contributed by atoms with Gasteiger partial charge in [0.1, 0.15) is 6.10 Å². The molecule has 35 heavy (non-hydrogen) atoms. The average molecular weight is 487 g/mol. The molecular weight excluding hydrogens is 448 g/mol. The van der Waals surface area contributed by atoms with Crippen molar-refractivity contribution in [2.75, 3.05) is 0 Å². The Balaban J connectivity index is 1.39. The summed E-state index contributed by atoms with van der Waals surface area (Å²) in [7, 11) is 0. The molecule has 192 valence electrons. The van der Waals surface area contributed by atoms with Gasteiger partial charge in [-0.3, -0.25) is 9.59 Å². The first-order chi connectivity index (χ1) is 16.2. The minimum Gasteiger partial charge on any atom is -0.461 e. The Kier molecular flexibility index (Phi) is 4.53. The molecule has 0 aromatic carbocycles. The minimum atomic E-state index is -1.27. The highest BCUT2D eigenvalue weighted by Crippen LogP contribution is 2.71. The maximum absolute atomic E-state index is 13.2. The molecule has 0 aromatic heterocycles. The van der Waals surface area contributed by atoms with Crippen LogP contribution >= 0.6 is 0 Å². The number of hydrogen-bond acceptors (Lipinski definition) is 7. The van der Waals surface area contributed by atoms with Crippen LogP contribution in [0.3, 0.4) is 0 Å². The van der Waals surface area contributed by atoms with Crippen LogP contribution in [-0.4, -0.2) is 61.2 Å². The van der Waals surface area contributed by atoms with Crippen molar-refractivity contribution in [2.24, 2.45) is 34.0 Å². The van der Waals surface area contributed by atoms with Gasteiger partial charge in [-0.05, 0) is 88.9 Å². The number of ketones is 1. The third-order valence-electron chi connectivity index (χ3n) is 12.2. The van der Waals surface area contributed by atoms with E-state index in [9.17, 15) is 30.0 Å². The molecule has 11 atom stereocenters. The van der Waals surface area contributed by atoms with Gasteiger partial charge in [0, 0.05) is 17.8 Å². The number of aliphatic hydroxyl groups is 4. The van der Waals surface area contributed by atoms with Crippen molar-refractivity contribution < 1.29 is 34.8 Å². The third kappa shape index (κ3) is 2.47. The molecule has 2 aliphatic heterocycles. The molecule has 3 saturated carbocycles. The Morgan fingerprint density at radius 2 is 1.57 bits per heavy atom. The summed E-state index contributed by atoms with van der Waals surface area (Å²) in [4.78, 5) is 25.9. The second-order valence-corrected chi connectivity index (χ2v) is 13.3. The molecule has 5 fully saturated rings. The smallest absolute Gasteiger partial charge is 0.315 e. The molecule has 2 heterocycles. The molecule has 2 bridgehead atoms. The second kappa shape index (κ2) is 6.66. The predicted molar refractivity (Wildman–Crippen MR) is 126 cm³/mol. The lowest BCUT2D eigenvalue weighted by atomic mass is 9.43. The summed E-state index contributed by atoms with van der Waals surface area (Å²) in [6.45, 7) is 7.28. The Morgan fingerprint density at radius 3 is 2.23 bits per heavy atom. The topological polar surface area (TPSA) is 124 Å². The number of esters is 1. The summed E-state index contributed by atoms with van der Waals surface area (Å²) in [6, 6.07) is 0. The van der Waals surface area contributed by atoms with Gasteiger partial charge in [0.2, 0.25) is 0 Å². The fourth-order valence-electron chi connectivity index (χ4n) is 9.57. The van der Waals surface area contributed by atoms with E-state index < -0.39 is 51.2 Å². The standard InChI is InChI=1S/C28H38O7/c1-23-13-18(20(35-22(23)31)14-25(23,3)32)28(34)12-11-27(33)16-5-6-17-19(29)7-8-21(30)26(17,4)15(16)9-10-24(27,28)2/h6-8,15-16,18-20,29,32-34H,5,9-14H2,1-4H3/t15-,16+,18+,19-,20+,23-,24-,25+,26+,27+,28-/m0/s1. The molecule has 0 aromatic rings. The van der Waals surface area contributed by atoms with E-state index in [4.69, 9.17) is 4.74 Å². The average Bonchev–Trinajstić information content (AvgIpc) is 3.00. The van der Waals surface area contributed by atoms with Crippen LogP contribution in [0.25, 0.3) is 0 Å². The van der Waals surface area contributed by atoms with Gasteiger partial charge in [0.05, 0.1) is 33.7 Å². The zero-order valence-corrected chi connectivity index (χ0v) is 21.1. The van der Waals surface area contributed by atoms with E-state index in [2.05, 4.69) is 0 Å². The highest BCUT2D eigenvalue weighted by Gasteiger charge is 2.76. The molecule has 0 unspecified atom stereocenters. The van der Waals surface area contributed by atoms with Crippen molar-refractivity contribution in [3.8, 4) is 0 Å². The van der Waals surface area contributed by atoms with E-state index in [0.29, 0.717) is 38.5 Å². The number of rotatable bonds is 1. The van der Waals surface area contributed by atoms with Crippen molar-refractivity contribution in [3.05, 3.63) is 23.8 Å². The lowest BCUT2D eigenvalue weighted by Crippen LogP contribution is -2.72. The van der Waals surface area contributed by atoms with Crippen molar-refractivity contribution in [2.45, 2.75) is 102 Å². The highest BCUT2D eigenvalue weighted by molar-refractivity contribution is 5.99. The van der Waals surface area contributed by atoms with E-state index in [-0.39, 0.29) is 30.0 Å². The zero-order chi connectivity index (χ0) is 25.4. The first-order valence-corrected chi connectivity index (χ1v) is 13.2. The van der Waals surface area contributed by atoms with Gasteiger partial charge in [-0.2, -0.15) is 0 Å². The zero-order valence-electron chi connectivity index (χ0n) is 21.1. The molecule has 7 heteroatoms. The highest BCUT2D eigenvalue weighted by atomic mass is 16.6. The van der Waals surface area contributed by atoms with E-state index in [1.165, 1.54) is 6.08 Å². The molecule has 7 nitrogen and oxygen atoms in total. The van der Waals surface area contributed by atoms with E-state index in [1.807, 2.05) is 19.9 Å². The Bertz CT molecular complexity index is 1080. The van der Waals surface area contributed by atoms with Gasteiger partial charge < -0.3 is 25.2 Å². The van der Waals surface area contributed by atoms with Crippen LogP contribution in [-0.2, 0) is 14.3 Å². The number of carbonyl (C=O) groups is 2. The lowest BCUT2D eigenvalue weighted by molar-refractivity contribution is -0.279. The summed E-state index contributed by atoms with van der Waals surface area (Å²) in [6.07, 6.45) is 6.67. The molecule has 2 saturated heterocycles. The van der Waals surface area contributed by atoms with Gasteiger partial charge in [-0.1, -0.05) is 13.0 Å². The first-order valence-electron chi connectivity index (χ1n) is 13.2. The van der Waals surface area contributed by atoms with Crippen molar-refractivity contribution in [1.82, 2.24) is 0 Å². The van der Waals surface area contributed by atoms with E-state index >= 15 is 0 Å². The Morgan fingerprint density at radius 1 is 0.914 bits per heavy atom. The number of hydrogen-bond donors (Lipinski definition) is 4. The van der Waals surface area contributed by atoms with Gasteiger partial charge >= 0.3 is 5.97 Å². The third-order valence-corrected chi connectivity index (χ3v) is 12.2. The summed E-state index contributed by atoms with van der Waals surface area (Å²) < 4.78 is 5.76. The molecule has 7 rings (SSSR count). The quantitative estimate of drug-likeness (QED) is 0.331. The fraction of sp³-hybridized carbons (Fsp3) is 0.786. The van der Waals surface area contributed by atoms with Crippen LogP contribution in [0.4, 0.5) is 0 Å². The van der Waals surface area contributed by atoms with Gasteiger partial charge in [0.25, 0.3) is 0 Å². The maximum Gasteiger partial charge on any atom is 0.315 e. The number of aliphatic hydroxyl groups excluding tert-OH is 1. The van der Waals surface area contributed by atoms with E-state index in [0.717, 1.165) is 5.57 Å².